The number of nitrogens with zero attached hydrogens (tertiary/aromatic N) is 4. The third-order valence-corrected chi connectivity index (χ3v) is 6.74. The Bertz CT molecular complexity index is 1200. The number of carbonyl (C=O) groups is 2. The molecule has 3 heterocycles. The zero-order valence-electron chi connectivity index (χ0n) is 20.2. The van der Waals surface area contributed by atoms with Crippen molar-refractivity contribution >= 4 is 28.6 Å². The van der Waals surface area contributed by atoms with Crippen molar-refractivity contribution in [3.05, 3.63) is 48.0 Å². The van der Waals surface area contributed by atoms with Gasteiger partial charge in [0.25, 0.3) is 0 Å². The molecule has 3 aromatic rings. The number of rotatable bonds is 8. The fourth-order valence-corrected chi connectivity index (χ4v) is 4.92. The van der Waals surface area contributed by atoms with Crippen LogP contribution >= 0.6 is 0 Å². The lowest BCUT2D eigenvalue weighted by Crippen LogP contribution is -2.36. The van der Waals surface area contributed by atoms with Crippen LogP contribution in [0, 0.1) is 0 Å². The number of hydrogen-bond donors (Lipinski definition) is 0. The molecule has 0 atom stereocenters. The van der Waals surface area contributed by atoms with Gasteiger partial charge in [-0.3, -0.25) is 4.79 Å². The maximum absolute atomic E-state index is 12.3. The molecule has 0 spiro atoms. The Morgan fingerprint density at radius 3 is 2.57 bits per heavy atom. The third-order valence-electron chi connectivity index (χ3n) is 6.74. The molecule has 2 saturated heterocycles. The number of aromatic nitrogens is 2. The highest BCUT2D eigenvalue weighted by molar-refractivity contribution is 5.94. The molecule has 35 heavy (non-hydrogen) atoms. The summed E-state index contributed by atoms with van der Waals surface area (Å²) in [5.74, 6) is 0.772. The standard InChI is InChI=1S/C27H32N4O4/c1-2-35-27(33)21-8-11-24-23(19-21)28-26(31(24)14-4-13-30-12-3-5-25(30)32)20-6-9-22(10-7-20)29-15-17-34-18-16-29/h6-11,19H,2-5,12-18H2,1H3. The van der Waals surface area contributed by atoms with Crippen molar-refractivity contribution in [2.75, 3.05) is 50.9 Å². The molecule has 0 aliphatic carbocycles. The van der Waals surface area contributed by atoms with Gasteiger partial charge in [0.05, 0.1) is 36.4 Å². The molecule has 0 N–H and O–H groups in total. The highest BCUT2D eigenvalue weighted by atomic mass is 16.5. The summed E-state index contributed by atoms with van der Waals surface area (Å²) in [6.45, 7) is 7.75. The molecule has 0 bridgehead atoms. The quantitative estimate of drug-likeness (QED) is 0.461. The molecule has 8 heteroatoms. The SMILES string of the molecule is CCOC(=O)c1ccc2c(c1)nc(-c1ccc(N3CCOCC3)cc1)n2CCCN1CCCC1=O. The summed E-state index contributed by atoms with van der Waals surface area (Å²) in [5.41, 5.74) is 4.43. The largest absolute Gasteiger partial charge is 0.462 e. The highest BCUT2D eigenvalue weighted by Gasteiger charge is 2.21. The Hall–Kier alpha value is -3.39. The van der Waals surface area contributed by atoms with Crippen LogP contribution in [-0.2, 0) is 20.8 Å². The van der Waals surface area contributed by atoms with Crippen molar-refractivity contribution in [2.24, 2.45) is 0 Å². The average Bonchev–Trinajstić information content (AvgIpc) is 3.47. The first-order chi connectivity index (χ1) is 17.1. The number of benzene rings is 2. The number of fused-ring (bicyclic) bond motifs is 1. The average molecular weight is 477 g/mol. The molecular weight excluding hydrogens is 444 g/mol. The predicted octanol–water partition coefficient (Wildman–Crippen LogP) is 3.73. The van der Waals surface area contributed by atoms with Crippen LogP contribution in [0.2, 0.25) is 0 Å². The minimum atomic E-state index is -0.340. The molecule has 184 valence electrons. The summed E-state index contributed by atoms with van der Waals surface area (Å²) in [5, 5.41) is 0. The van der Waals surface area contributed by atoms with E-state index in [1.165, 1.54) is 5.69 Å². The van der Waals surface area contributed by atoms with Crippen LogP contribution in [0.15, 0.2) is 42.5 Å². The second-order valence-electron chi connectivity index (χ2n) is 9.00. The molecule has 2 fully saturated rings. The first-order valence-electron chi connectivity index (χ1n) is 12.5. The van der Waals surface area contributed by atoms with Gasteiger partial charge in [0.15, 0.2) is 0 Å². The first-order valence-corrected chi connectivity index (χ1v) is 12.5. The van der Waals surface area contributed by atoms with Gasteiger partial charge in [-0.25, -0.2) is 9.78 Å². The number of esters is 1. The summed E-state index contributed by atoms with van der Waals surface area (Å²) in [7, 11) is 0. The van der Waals surface area contributed by atoms with Crippen molar-refractivity contribution in [3.63, 3.8) is 0 Å². The second-order valence-corrected chi connectivity index (χ2v) is 9.00. The molecule has 2 aromatic carbocycles. The summed E-state index contributed by atoms with van der Waals surface area (Å²) in [4.78, 5) is 33.5. The monoisotopic (exact) mass is 476 g/mol. The summed E-state index contributed by atoms with van der Waals surface area (Å²) >= 11 is 0. The highest BCUT2D eigenvalue weighted by Crippen LogP contribution is 2.28. The minimum absolute atomic E-state index is 0.249. The third kappa shape index (κ3) is 5.03. The van der Waals surface area contributed by atoms with Gasteiger partial charge < -0.3 is 23.8 Å². The zero-order valence-corrected chi connectivity index (χ0v) is 20.2. The normalized spacial score (nSPS) is 16.3. The summed E-state index contributed by atoms with van der Waals surface area (Å²) in [6.07, 6.45) is 2.45. The second kappa shape index (κ2) is 10.5. The number of hydrogen-bond acceptors (Lipinski definition) is 6. The van der Waals surface area contributed by atoms with E-state index in [0.29, 0.717) is 18.6 Å². The smallest absolute Gasteiger partial charge is 0.338 e. The van der Waals surface area contributed by atoms with Gasteiger partial charge in [0, 0.05) is 50.4 Å². The van der Waals surface area contributed by atoms with Gasteiger partial charge in [0.2, 0.25) is 5.91 Å². The topological polar surface area (TPSA) is 76.9 Å². The predicted molar refractivity (Wildman–Crippen MR) is 135 cm³/mol. The molecular formula is C27H32N4O4. The molecule has 2 aliphatic rings. The number of likely N-dealkylation sites (tertiary alicyclic amines) is 1. The van der Waals surface area contributed by atoms with E-state index in [1.807, 2.05) is 11.0 Å². The van der Waals surface area contributed by atoms with Crippen LogP contribution in [0.1, 0.15) is 36.5 Å². The minimum Gasteiger partial charge on any atom is -0.462 e. The molecule has 0 unspecified atom stereocenters. The number of morpholine rings is 1. The van der Waals surface area contributed by atoms with E-state index in [1.54, 1.807) is 19.1 Å². The van der Waals surface area contributed by atoms with Crippen molar-refractivity contribution < 1.29 is 19.1 Å². The van der Waals surface area contributed by atoms with E-state index in [0.717, 1.165) is 81.2 Å². The van der Waals surface area contributed by atoms with Gasteiger partial charge in [-0.2, -0.15) is 0 Å². The van der Waals surface area contributed by atoms with Gasteiger partial charge in [-0.15, -0.1) is 0 Å². The van der Waals surface area contributed by atoms with Crippen LogP contribution in [0.5, 0.6) is 0 Å². The lowest BCUT2D eigenvalue weighted by atomic mass is 10.1. The van der Waals surface area contributed by atoms with Crippen molar-refractivity contribution in [1.82, 2.24) is 14.5 Å². The molecule has 0 radical (unpaired) electrons. The number of imidazole rings is 1. The Kier molecular flexibility index (Phi) is 6.99. The summed E-state index contributed by atoms with van der Waals surface area (Å²) < 4.78 is 12.9. The van der Waals surface area contributed by atoms with Gasteiger partial charge in [-0.05, 0) is 62.2 Å². The Morgan fingerprint density at radius 2 is 1.86 bits per heavy atom. The van der Waals surface area contributed by atoms with Crippen LogP contribution in [-0.4, -0.2) is 72.3 Å². The fraction of sp³-hybridized carbons (Fsp3) is 0.444. The van der Waals surface area contributed by atoms with E-state index in [-0.39, 0.29) is 11.9 Å². The van der Waals surface area contributed by atoms with E-state index >= 15 is 0 Å². The van der Waals surface area contributed by atoms with Crippen LogP contribution in [0.25, 0.3) is 22.4 Å². The fourth-order valence-electron chi connectivity index (χ4n) is 4.92. The number of amides is 1. The van der Waals surface area contributed by atoms with Gasteiger partial charge >= 0.3 is 5.97 Å². The van der Waals surface area contributed by atoms with Crippen molar-refractivity contribution in [2.45, 2.75) is 32.7 Å². The molecule has 1 aromatic heterocycles. The lowest BCUT2D eigenvalue weighted by molar-refractivity contribution is -0.127. The van der Waals surface area contributed by atoms with Gasteiger partial charge in [-0.1, -0.05) is 0 Å². The van der Waals surface area contributed by atoms with E-state index in [2.05, 4.69) is 33.7 Å². The summed E-state index contributed by atoms with van der Waals surface area (Å²) in [6, 6.07) is 14.0. The number of carbonyl (C=O) groups excluding carboxylic acids is 2. The first kappa shape index (κ1) is 23.4. The zero-order chi connectivity index (χ0) is 24.2. The molecule has 8 nitrogen and oxygen atoms in total. The lowest BCUT2D eigenvalue weighted by Gasteiger charge is -2.28. The van der Waals surface area contributed by atoms with E-state index < -0.39 is 0 Å². The van der Waals surface area contributed by atoms with Crippen molar-refractivity contribution in [3.8, 4) is 11.4 Å². The maximum Gasteiger partial charge on any atom is 0.338 e. The number of ether oxygens (including phenoxy) is 2. The molecule has 0 saturated carbocycles. The van der Waals surface area contributed by atoms with Crippen LogP contribution in [0.4, 0.5) is 5.69 Å². The molecule has 2 aliphatic heterocycles. The van der Waals surface area contributed by atoms with Crippen LogP contribution in [0.3, 0.4) is 0 Å². The van der Waals surface area contributed by atoms with Gasteiger partial charge in [0.1, 0.15) is 5.82 Å². The molecule has 5 rings (SSSR count). The Balaban J connectivity index is 1.44. The Morgan fingerprint density at radius 1 is 1.06 bits per heavy atom. The number of aryl methyl sites for hydroxylation is 1. The number of anilines is 1. The Labute approximate surface area is 205 Å². The maximum atomic E-state index is 12.3. The van der Waals surface area contributed by atoms with Crippen LogP contribution < -0.4 is 4.90 Å². The van der Waals surface area contributed by atoms with E-state index in [9.17, 15) is 9.59 Å². The van der Waals surface area contributed by atoms with E-state index in [4.69, 9.17) is 14.5 Å². The van der Waals surface area contributed by atoms with Crippen molar-refractivity contribution in [1.29, 1.82) is 0 Å². The molecule has 1 amide bonds.